The molecule has 0 saturated heterocycles. The van der Waals surface area contributed by atoms with Gasteiger partial charge in [-0.05, 0) is 6.92 Å². The molecule has 0 fully saturated rings. The Morgan fingerprint density at radius 1 is 1.78 bits per heavy atom. The first kappa shape index (κ1) is 8.43. The summed E-state index contributed by atoms with van der Waals surface area (Å²) in [6.45, 7) is 2.09. The van der Waals surface area contributed by atoms with Gasteiger partial charge >= 0.3 is 0 Å². The fourth-order valence-electron chi connectivity index (χ4n) is 0.386. The van der Waals surface area contributed by atoms with Crippen LogP contribution in [0.5, 0.6) is 0 Å². The minimum atomic E-state index is -0.353. The van der Waals surface area contributed by atoms with Crippen LogP contribution in [-0.2, 0) is 9.59 Å². The van der Waals surface area contributed by atoms with Crippen molar-refractivity contribution in [2.75, 3.05) is 12.4 Å². The maximum atomic E-state index is 10.5. The standard InChI is InChI=1S/C5H8ClNO2/c1-2-7(4-8)5(9)3-6/h4H,2-3H2,1H3. The van der Waals surface area contributed by atoms with Crippen LogP contribution in [-0.4, -0.2) is 29.6 Å². The van der Waals surface area contributed by atoms with Gasteiger partial charge in [0.2, 0.25) is 12.3 Å². The lowest BCUT2D eigenvalue weighted by Gasteiger charge is -2.08. The highest BCUT2D eigenvalue weighted by Gasteiger charge is 2.06. The molecule has 3 nitrogen and oxygen atoms in total. The molecule has 0 aliphatic rings. The van der Waals surface area contributed by atoms with E-state index < -0.39 is 0 Å². The summed E-state index contributed by atoms with van der Waals surface area (Å²) in [5, 5.41) is 0. The number of imide groups is 1. The van der Waals surface area contributed by atoms with E-state index >= 15 is 0 Å². The number of amides is 2. The van der Waals surface area contributed by atoms with Gasteiger partial charge in [-0.1, -0.05) is 0 Å². The number of carbonyl (C=O) groups excluding carboxylic acids is 2. The fourth-order valence-corrected chi connectivity index (χ4v) is 0.540. The Bertz CT molecular complexity index is 116. The van der Waals surface area contributed by atoms with Crippen LogP contribution in [0.4, 0.5) is 0 Å². The van der Waals surface area contributed by atoms with Gasteiger partial charge in [0.05, 0.1) is 0 Å². The highest BCUT2D eigenvalue weighted by Crippen LogP contribution is 1.86. The van der Waals surface area contributed by atoms with E-state index in [4.69, 9.17) is 11.6 Å². The normalized spacial score (nSPS) is 8.67. The third kappa shape index (κ3) is 2.46. The molecule has 0 saturated carbocycles. The van der Waals surface area contributed by atoms with Crippen molar-refractivity contribution in [2.24, 2.45) is 0 Å². The summed E-state index contributed by atoms with van der Waals surface area (Å²) in [6.07, 6.45) is 0.477. The summed E-state index contributed by atoms with van der Waals surface area (Å²) in [5.74, 6) is -0.485. The van der Waals surface area contributed by atoms with Gasteiger partial charge < -0.3 is 0 Å². The quantitative estimate of drug-likeness (QED) is 0.426. The summed E-state index contributed by atoms with van der Waals surface area (Å²) in [7, 11) is 0. The minimum absolute atomic E-state index is 0.132. The van der Waals surface area contributed by atoms with Gasteiger partial charge in [-0.15, -0.1) is 11.6 Å². The van der Waals surface area contributed by atoms with Crippen molar-refractivity contribution in [3.05, 3.63) is 0 Å². The van der Waals surface area contributed by atoms with E-state index in [0.29, 0.717) is 13.0 Å². The molecule has 0 aromatic rings. The second-order valence-corrected chi connectivity index (χ2v) is 1.69. The van der Waals surface area contributed by atoms with Gasteiger partial charge in [0.25, 0.3) is 0 Å². The van der Waals surface area contributed by atoms with Crippen molar-refractivity contribution in [1.29, 1.82) is 0 Å². The third-order valence-electron chi connectivity index (χ3n) is 0.903. The Hall–Kier alpha value is -0.570. The summed E-state index contributed by atoms with van der Waals surface area (Å²) in [5.41, 5.74) is 0. The van der Waals surface area contributed by atoms with Gasteiger partial charge in [-0.2, -0.15) is 0 Å². The van der Waals surface area contributed by atoms with Crippen molar-refractivity contribution in [3.63, 3.8) is 0 Å². The second kappa shape index (κ2) is 4.32. The topological polar surface area (TPSA) is 37.4 Å². The molecule has 0 rings (SSSR count). The number of hydrogen-bond acceptors (Lipinski definition) is 2. The second-order valence-electron chi connectivity index (χ2n) is 1.42. The van der Waals surface area contributed by atoms with Gasteiger partial charge in [-0.25, -0.2) is 0 Å². The molecule has 0 aliphatic heterocycles. The van der Waals surface area contributed by atoms with Crippen LogP contribution in [0.15, 0.2) is 0 Å². The first-order chi connectivity index (χ1) is 4.26. The van der Waals surface area contributed by atoms with E-state index in [-0.39, 0.29) is 11.8 Å². The molecule has 0 radical (unpaired) electrons. The Kier molecular flexibility index (Phi) is 4.05. The molecule has 0 heterocycles. The zero-order valence-corrected chi connectivity index (χ0v) is 5.89. The summed E-state index contributed by atoms with van der Waals surface area (Å²) in [4.78, 5) is 21.5. The zero-order chi connectivity index (χ0) is 7.28. The third-order valence-corrected chi connectivity index (χ3v) is 1.13. The smallest absolute Gasteiger partial charge is 0.243 e. The van der Waals surface area contributed by atoms with Crippen molar-refractivity contribution in [1.82, 2.24) is 4.90 Å². The van der Waals surface area contributed by atoms with Crippen LogP contribution < -0.4 is 0 Å². The van der Waals surface area contributed by atoms with E-state index in [1.54, 1.807) is 6.92 Å². The Labute approximate surface area is 58.6 Å². The molecule has 0 atom stereocenters. The van der Waals surface area contributed by atoms with Crippen LogP contribution in [0.3, 0.4) is 0 Å². The summed E-state index contributed by atoms with van der Waals surface area (Å²) >= 11 is 5.15. The Balaban J connectivity index is 3.78. The Morgan fingerprint density at radius 3 is 2.44 bits per heavy atom. The molecule has 0 spiro atoms. The van der Waals surface area contributed by atoms with Crippen LogP contribution in [0.25, 0.3) is 0 Å². The molecule has 0 aliphatic carbocycles. The summed E-state index contributed by atoms with van der Waals surface area (Å²) in [6, 6.07) is 0. The molecule has 52 valence electrons. The highest BCUT2D eigenvalue weighted by atomic mass is 35.5. The molecular formula is C5H8ClNO2. The number of carbonyl (C=O) groups is 2. The molecule has 9 heavy (non-hydrogen) atoms. The fraction of sp³-hybridized carbons (Fsp3) is 0.600. The van der Waals surface area contributed by atoms with Crippen molar-refractivity contribution in [2.45, 2.75) is 6.92 Å². The van der Waals surface area contributed by atoms with E-state index in [1.165, 1.54) is 0 Å². The average molecular weight is 150 g/mol. The number of hydrogen-bond donors (Lipinski definition) is 0. The molecule has 4 heteroatoms. The lowest BCUT2D eigenvalue weighted by molar-refractivity contribution is -0.135. The lowest BCUT2D eigenvalue weighted by atomic mass is 10.5. The number of nitrogens with zero attached hydrogens (tertiary/aromatic N) is 1. The predicted octanol–water partition coefficient (Wildman–Crippen LogP) is 0.230. The number of rotatable bonds is 3. The highest BCUT2D eigenvalue weighted by molar-refractivity contribution is 6.27. The first-order valence-corrected chi connectivity index (χ1v) is 3.10. The lowest BCUT2D eigenvalue weighted by Crippen LogP contribution is -2.29. The van der Waals surface area contributed by atoms with E-state index in [1.807, 2.05) is 0 Å². The predicted molar refractivity (Wildman–Crippen MR) is 34.2 cm³/mol. The van der Waals surface area contributed by atoms with Crippen LogP contribution in [0, 0.1) is 0 Å². The summed E-state index contributed by atoms with van der Waals surface area (Å²) < 4.78 is 0. The molecule has 2 amide bonds. The number of halogens is 1. The monoisotopic (exact) mass is 149 g/mol. The molecular weight excluding hydrogens is 142 g/mol. The minimum Gasteiger partial charge on any atom is -0.284 e. The first-order valence-electron chi connectivity index (χ1n) is 2.57. The van der Waals surface area contributed by atoms with Crippen molar-refractivity contribution in [3.8, 4) is 0 Å². The maximum absolute atomic E-state index is 10.5. The average Bonchev–Trinajstić information content (AvgIpc) is 1.90. The largest absolute Gasteiger partial charge is 0.284 e. The van der Waals surface area contributed by atoms with Crippen molar-refractivity contribution < 1.29 is 9.59 Å². The molecule has 0 aromatic heterocycles. The van der Waals surface area contributed by atoms with Crippen LogP contribution in [0.1, 0.15) is 6.92 Å². The van der Waals surface area contributed by atoms with E-state index in [0.717, 1.165) is 4.90 Å². The van der Waals surface area contributed by atoms with Gasteiger partial charge in [-0.3, -0.25) is 14.5 Å². The van der Waals surface area contributed by atoms with Crippen molar-refractivity contribution >= 4 is 23.9 Å². The molecule has 0 N–H and O–H groups in total. The number of alkyl halides is 1. The van der Waals surface area contributed by atoms with Gasteiger partial charge in [0, 0.05) is 6.54 Å². The maximum Gasteiger partial charge on any atom is 0.243 e. The molecule has 0 aromatic carbocycles. The SMILES string of the molecule is CCN(C=O)C(=O)CCl. The van der Waals surface area contributed by atoms with Crippen LogP contribution in [0.2, 0.25) is 0 Å². The molecule has 0 unspecified atom stereocenters. The van der Waals surface area contributed by atoms with Crippen LogP contribution >= 0.6 is 11.6 Å². The van der Waals surface area contributed by atoms with Gasteiger partial charge in [0.1, 0.15) is 5.88 Å². The Morgan fingerprint density at radius 2 is 2.33 bits per heavy atom. The van der Waals surface area contributed by atoms with Gasteiger partial charge in [0.15, 0.2) is 0 Å². The molecule has 0 bridgehead atoms. The zero-order valence-electron chi connectivity index (χ0n) is 5.13. The van der Waals surface area contributed by atoms with E-state index in [9.17, 15) is 9.59 Å². The van der Waals surface area contributed by atoms with E-state index in [2.05, 4.69) is 0 Å².